The zero-order chi connectivity index (χ0) is 18.2. The van der Waals surface area contributed by atoms with E-state index in [9.17, 15) is 21.8 Å². The minimum Gasteiger partial charge on any atom is -0.493 e. The van der Waals surface area contributed by atoms with Crippen molar-refractivity contribution in [3.8, 4) is 11.6 Å². The summed E-state index contributed by atoms with van der Waals surface area (Å²) >= 11 is -1.66. The fraction of sp³-hybridized carbons (Fsp3) is 0.643. The van der Waals surface area contributed by atoms with Crippen LogP contribution in [-0.4, -0.2) is 45.7 Å². The number of aromatic nitrogens is 1. The minimum atomic E-state index is -3.03. The van der Waals surface area contributed by atoms with Gasteiger partial charge in [-0.05, 0) is 18.9 Å². The quantitative estimate of drug-likeness (QED) is 0.762. The zero-order valence-corrected chi connectivity index (χ0v) is 13.9. The average Bonchev–Trinajstić information content (AvgIpc) is 2.98. The highest BCUT2D eigenvalue weighted by Crippen LogP contribution is 2.70. The standard InChI is InChI=1S/C14H17F4N3O3S/c15-12(16)24-11-7-9(1-4-20-11)23-8-10-13(14(10,17)18)2-5-21(6-3-13)25(19)22/h1,4,7,10,12H,2-3,5-6,8,19H2. The van der Waals surface area contributed by atoms with Crippen LogP contribution in [0.3, 0.4) is 0 Å². The highest BCUT2D eigenvalue weighted by Gasteiger charge is 2.80. The van der Waals surface area contributed by atoms with Gasteiger partial charge in [-0.2, -0.15) is 8.78 Å². The number of piperidine rings is 1. The van der Waals surface area contributed by atoms with Gasteiger partial charge in [0.2, 0.25) is 5.88 Å². The predicted octanol–water partition coefficient (Wildman–Crippen LogP) is 1.95. The SMILES string of the molecule is NS(=O)N1CCC2(CC1)C(COc1ccnc(OC(F)F)c1)C2(F)F. The number of hydrogen-bond donors (Lipinski definition) is 1. The summed E-state index contributed by atoms with van der Waals surface area (Å²) in [6.07, 6.45) is 1.54. The molecule has 140 valence electrons. The molecule has 2 atom stereocenters. The van der Waals surface area contributed by atoms with Gasteiger partial charge in [0.05, 0.1) is 12.5 Å². The number of rotatable bonds is 6. The molecule has 0 amide bonds. The summed E-state index contributed by atoms with van der Waals surface area (Å²) < 4.78 is 75.1. The average molecular weight is 383 g/mol. The number of halogens is 4. The lowest BCUT2D eigenvalue weighted by Crippen LogP contribution is -2.40. The Hall–Kier alpha value is -1.46. The number of pyridine rings is 1. The molecule has 6 nitrogen and oxygen atoms in total. The fourth-order valence-corrected chi connectivity index (χ4v) is 3.96. The van der Waals surface area contributed by atoms with Gasteiger partial charge in [-0.15, -0.1) is 0 Å². The fourth-order valence-electron chi connectivity index (χ4n) is 3.42. The van der Waals surface area contributed by atoms with Crippen molar-refractivity contribution >= 4 is 11.2 Å². The van der Waals surface area contributed by atoms with Crippen LogP contribution in [0.1, 0.15) is 12.8 Å². The molecular weight excluding hydrogens is 366 g/mol. The molecular formula is C14H17F4N3O3S. The lowest BCUT2D eigenvalue weighted by molar-refractivity contribution is -0.0529. The van der Waals surface area contributed by atoms with E-state index in [1.54, 1.807) is 0 Å². The number of hydrogen-bond acceptors (Lipinski definition) is 4. The number of nitrogens with two attached hydrogens (primary N) is 1. The van der Waals surface area contributed by atoms with Crippen molar-refractivity contribution in [1.82, 2.24) is 9.29 Å². The van der Waals surface area contributed by atoms with Crippen LogP contribution in [0.25, 0.3) is 0 Å². The van der Waals surface area contributed by atoms with E-state index in [0.717, 1.165) is 6.07 Å². The Morgan fingerprint density at radius 3 is 2.68 bits per heavy atom. The zero-order valence-electron chi connectivity index (χ0n) is 13.0. The summed E-state index contributed by atoms with van der Waals surface area (Å²) in [6.45, 7) is -2.82. The van der Waals surface area contributed by atoms with Crippen molar-refractivity contribution in [1.29, 1.82) is 0 Å². The number of ether oxygens (including phenoxy) is 2. The molecule has 1 spiro atoms. The Morgan fingerprint density at radius 1 is 1.40 bits per heavy atom. The second-order valence-electron chi connectivity index (χ2n) is 6.06. The lowest BCUT2D eigenvalue weighted by atomic mass is 9.91. The van der Waals surface area contributed by atoms with Gasteiger partial charge in [-0.1, -0.05) is 0 Å². The van der Waals surface area contributed by atoms with Gasteiger partial charge in [0.25, 0.3) is 5.92 Å². The van der Waals surface area contributed by atoms with Crippen molar-refractivity contribution < 1.29 is 31.2 Å². The van der Waals surface area contributed by atoms with E-state index in [1.165, 1.54) is 16.6 Å². The van der Waals surface area contributed by atoms with Crippen molar-refractivity contribution in [3.05, 3.63) is 18.3 Å². The molecule has 0 bridgehead atoms. The molecule has 2 aliphatic rings. The van der Waals surface area contributed by atoms with E-state index < -0.39 is 35.0 Å². The van der Waals surface area contributed by atoms with E-state index in [-0.39, 0.29) is 44.2 Å². The molecule has 1 aromatic rings. The van der Waals surface area contributed by atoms with Gasteiger partial charge in [-0.3, -0.25) is 0 Å². The molecule has 1 aliphatic heterocycles. The Balaban J connectivity index is 1.60. The van der Waals surface area contributed by atoms with Gasteiger partial charge in [0, 0.05) is 30.8 Å². The van der Waals surface area contributed by atoms with Crippen molar-refractivity contribution in [2.24, 2.45) is 16.5 Å². The van der Waals surface area contributed by atoms with Crippen LogP contribution in [0.2, 0.25) is 0 Å². The van der Waals surface area contributed by atoms with E-state index in [2.05, 4.69) is 9.72 Å². The largest absolute Gasteiger partial charge is 0.493 e. The van der Waals surface area contributed by atoms with Crippen LogP contribution >= 0.6 is 0 Å². The second kappa shape index (κ2) is 6.69. The number of nitrogens with zero attached hydrogens (tertiary/aromatic N) is 2. The molecule has 11 heteroatoms. The smallest absolute Gasteiger partial charge is 0.388 e. The molecule has 1 aliphatic carbocycles. The van der Waals surface area contributed by atoms with Crippen LogP contribution in [0.4, 0.5) is 17.6 Å². The molecule has 2 unspecified atom stereocenters. The van der Waals surface area contributed by atoms with E-state index >= 15 is 0 Å². The molecule has 3 rings (SSSR count). The molecule has 0 aromatic carbocycles. The van der Waals surface area contributed by atoms with Gasteiger partial charge in [0.1, 0.15) is 5.75 Å². The predicted molar refractivity (Wildman–Crippen MR) is 80.4 cm³/mol. The highest BCUT2D eigenvalue weighted by atomic mass is 32.2. The summed E-state index contributed by atoms with van der Waals surface area (Å²) in [5.41, 5.74) is -1.18. The Bertz CT molecular complexity index is 656. The summed E-state index contributed by atoms with van der Waals surface area (Å²) in [5, 5.41) is 5.28. The monoisotopic (exact) mass is 383 g/mol. The van der Waals surface area contributed by atoms with Gasteiger partial charge < -0.3 is 9.47 Å². The van der Waals surface area contributed by atoms with Crippen LogP contribution in [0, 0.1) is 11.3 Å². The Labute approximate surface area is 144 Å². The summed E-state index contributed by atoms with van der Waals surface area (Å²) in [6, 6.07) is 2.51. The first kappa shape index (κ1) is 18.3. The van der Waals surface area contributed by atoms with E-state index in [4.69, 9.17) is 9.88 Å². The van der Waals surface area contributed by atoms with Gasteiger partial charge in [0.15, 0.2) is 11.2 Å². The summed E-state index contributed by atoms with van der Waals surface area (Å²) in [5.74, 6) is -4.08. The summed E-state index contributed by atoms with van der Waals surface area (Å²) in [7, 11) is 0. The molecule has 1 saturated carbocycles. The normalized spacial score (nSPS) is 25.8. The summed E-state index contributed by atoms with van der Waals surface area (Å²) in [4.78, 5) is 3.58. The first-order valence-electron chi connectivity index (χ1n) is 7.59. The van der Waals surface area contributed by atoms with Crippen molar-refractivity contribution in [2.75, 3.05) is 19.7 Å². The van der Waals surface area contributed by atoms with Crippen LogP contribution < -0.4 is 14.6 Å². The molecule has 25 heavy (non-hydrogen) atoms. The third-order valence-corrected chi connectivity index (χ3v) is 5.76. The third-order valence-electron chi connectivity index (χ3n) is 4.89. The topological polar surface area (TPSA) is 77.7 Å². The Kier molecular flexibility index (Phi) is 4.91. The van der Waals surface area contributed by atoms with Crippen molar-refractivity contribution in [3.63, 3.8) is 0 Å². The van der Waals surface area contributed by atoms with E-state index in [0.29, 0.717) is 0 Å². The molecule has 2 N–H and O–H groups in total. The minimum absolute atomic E-state index is 0.129. The molecule has 2 fully saturated rings. The van der Waals surface area contributed by atoms with Gasteiger partial charge in [-0.25, -0.2) is 27.4 Å². The molecule has 1 aromatic heterocycles. The molecule has 1 saturated heterocycles. The van der Waals surface area contributed by atoms with Crippen LogP contribution in [0.15, 0.2) is 18.3 Å². The van der Waals surface area contributed by atoms with E-state index in [1.807, 2.05) is 0 Å². The highest BCUT2D eigenvalue weighted by molar-refractivity contribution is 7.80. The molecule has 2 heterocycles. The maximum atomic E-state index is 14.3. The third kappa shape index (κ3) is 3.44. The Morgan fingerprint density at radius 2 is 2.08 bits per heavy atom. The molecule has 0 radical (unpaired) electrons. The second-order valence-corrected chi connectivity index (χ2v) is 7.12. The lowest BCUT2D eigenvalue weighted by Gasteiger charge is -2.30. The first-order chi connectivity index (χ1) is 11.8. The van der Waals surface area contributed by atoms with Crippen LogP contribution in [-0.2, 0) is 11.2 Å². The van der Waals surface area contributed by atoms with Gasteiger partial charge >= 0.3 is 6.61 Å². The first-order valence-corrected chi connectivity index (χ1v) is 8.76. The van der Waals surface area contributed by atoms with Crippen LogP contribution in [0.5, 0.6) is 11.6 Å². The number of alkyl halides is 4. The van der Waals surface area contributed by atoms with Crippen molar-refractivity contribution in [2.45, 2.75) is 25.4 Å². The maximum Gasteiger partial charge on any atom is 0.388 e. The maximum absolute atomic E-state index is 14.3.